The average Bonchev–Trinajstić information content (AvgIpc) is 2.42. The van der Waals surface area contributed by atoms with Crippen molar-refractivity contribution in [3.05, 3.63) is 23.3 Å². The van der Waals surface area contributed by atoms with Crippen LogP contribution >= 0.6 is 0 Å². The van der Waals surface area contributed by atoms with Crippen LogP contribution in [0.2, 0.25) is 0 Å². The molecule has 0 aliphatic heterocycles. The van der Waals surface area contributed by atoms with E-state index in [0.29, 0.717) is 13.0 Å². The van der Waals surface area contributed by atoms with Gasteiger partial charge >= 0.3 is 5.97 Å². The molecule has 0 aliphatic rings. The summed E-state index contributed by atoms with van der Waals surface area (Å²) < 4.78 is 5.24. The zero-order valence-corrected chi connectivity index (χ0v) is 14.7. The first-order valence-electron chi connectivity index (χ1n) is 8.40. The molecule has 1 unspecified atom stereocenters. The molecule has 0 bridgehead atoms. The van der Waals surface area contributed by atoms with E-state index in [4.69, 9.17) is 4.74 Å². The Morgan fingerprint density at radius 1 is 1.10 bits per heavy atom. The number of esters is 1. The molecule has 1 atom stereocenters. The van der Waals surface area contributed by atoms with Crippen molar-refractivity contribution in [3.8, 4) is 0 Å². The number of hydrogen-bond acceptors (Lipinski definition) is 2. The topological polar surface area (TPSA) is 26.3 Å². The maximum atomic E-state index is 11.6. The van der Waals surface area contributed by atoms with Gasteiger partial charge < -0.3 is 4.74 Å². The number of unbranched alkanes of at least 4 members (excludes halogenated alkanes) is 1. The highest BCUT2D eigenvalue weighted by Crippen LogP contribution is 2.12. The maximum absolute atomic E-state index is 11.6. The van der Waals surface area contributed by atoms with Crippen LogP contribution in [0.15, 0.2) is 23.3 Å². The molecule has 0 N–H and O–H groups in total. The van der Waals surface area contributed by atoms with Crippen LogP contribution in [0.4, 0.5) is 0 Å². The van der Waals surface area contributed by atoms with Crippen LogP contribution in [-0.4, -0.2) is 12.6 Å². The molecule has 21 heavy (non-hydrogen) atoms. The van der Waals surface area contributed by atoms with Crippen molar-refractivity contribution >= 4 is 5.97 Å². The van der Waals surface area contributed by atoms with Crippen molar-refractivity contribution < 1.29 is 9.53 Å². The first kappa shape index (κ1) is 19.9. The lowest BCUT2D eigenvalue weighted by Gasteiger charge is -2.07. The van der Waals surface area contributed by atoms with Crippen molar-refractivity contribution in [2.45, 2.75) is 79.6 Å². The molecule has 122 valence electrons. The fraction of sp³-hybridized carbons (Fsp3) is 0.737. The van der Waals surface area contributed by atoms with Gasteiger partial charge in [-0.15, -0.1) is 0 Å². The molecular formula is C19H34O2. The Bertz CT molecular complexity index is 335. The zero-order chi connectivity index (χ0) is 16.1. The second-order valence-electron chi connectivity index (χ2n) is 6.31. The summed E-state index contributed by atoms with van der Waals surface area (Å²) in [4.78, 5) is 11.6. The molecule has 0 saturated carbocycles. The highest BCUT2D eigenvalue weighted by Gasteiger charge is 2.03. The van der Waals surface area contributed by atoms with Gasteiger partial charge in [0.1, 0.15) is 6.61 Å². The molecule has 0 spiro atoms. The van der Waals surface area contributed by atoms with Crippen LogP contribution in [0.5, 0.6) is 0 Å². The van der Waals surface area contributed by atoms with Crippen molar-refractivity contribution in [1.29, 1.82) is 0 Å². The lowest BCUT2D eigenvalue weighted by Crippen LogP contribution is -2.05. The summed E-state index contributed by atoms with van der Waals surface area (Å²) in [6.45, 7) is 11.2. The third-order valence-corrected chi connectivity index (χ3v) is 3.79. The summed E-state index contributed by atoms with van der Waals surface area (Å²) in [6, 6.07) is 0. The molecule has 0 aromatic carbocycles. The number of ether oxygens (including phenoxy) is 1. The second kappa shape index (κ2) is 12.7. The van der Waals surface area contributed by atoms with E-state index in [1.165, 1.54) is 24.0 Å². The van der Waals surface area contributed by atoms with Crippen LogP contribution in [-0.2, 0) is 9.53 Å². The van der Waals surface area contributed by atoms with E-state index in [1.54, 1.807) is 0 Å². The van der Waals surface area contributed by atoms with Gasteiger partial charge in [0, 0.05) is 6.42 Å². The smallest absolute Gasteiger partial charge is 0.306 e. The predicted octanol–water partition coefficient (Wildman–Crippen LogP) is 5.83. The third kappa shape index (κ3) is 13.7. The van der Waals surface area contributed by atoms with Crippen LogP contribution < -0.4 is 0 Å². The molecule has 0 aromatic rings. The van der Waals surface area contributed by atoms with Crippen LogP contribution in [0.25, 0.3) is 0 Å². The average molecular weight is 294 g/mol. The third-order valence-electron chi connectivity index (χ3n) is 3.79. The molecule has 0 heterocycles. The summed E-state index contributed by atoms with van der Waals surface area (Å²) in [6.07, 6.45) is 11.4. The summed E-state index contributed by atoms with van der Waals surface area (Å²) in [7, 11) is 0. The van der Waals surface area contributed by atoms with E-state index in [1.807, 2.05) is 6.08 Å². The summed E-state index contributed by atoms with van der Waals surface area (Å²) in [5, 5.41) is 0. The highest BCUT2D eigenvalue weighted by molar-refractivity contribution is 5.69. The molecular weight excluding hydrogens is 260 g/mol. The molecule has 0 amide bonds. The molecule has 0 rings (SSSR count). The van der Waals surface area contributed by atoms with Gasteiger partial charge in [0.15, 0.2) is 0 Å². The Morgan fingerprint density at radius 3 is 2.43 bits per heavy atom. The molecule has 0 radical (unpaired) electrons. The molecule has 0 fully saturated rings. The molecule has 0 aromatic heterocycles. The lowest BCUT2D eigenvalue weighted by atomic mass is 10.0. The second-order valence-corrected chi connectivity index (χ2v) is 6.31. The minimum absolute atomic E-state index is 0.0625. The molecule has 2 nitrogen and oxygen atoms in total. The van der Waals surface area contributed by atoms with Crippen molar-refractivity contribution in [1.82, 2.24) is 0 Å². The monoisotopic (exact) mass is 294 g/mol. The van der Waals surface area contributed by atoms with E-state index in [-0.39, 0.29) is 5.97 Å². The number of rotatable bonds is 11. The number of hydrogen-bond donors (Lipinski definition) is 0. The largest absolute Gasteiger partial charge is 0.461 e. The van der Waals surface area contributed by atoms with Gasteiger partial charge in [-0.3, -0.25) is 4.79 Å². The fourth-order valence-electron chi connectivity index (χ4n) is 2.01. The predicted molar refractivity (Wildman–Crippen MR) is 91.3 cm³/mol. The normalized spacial score (nSPS) is 12.9. The van der Waals surface area contributed by atoms with Gasteiger partial charge in [0.2, 0.25) is 0 Å². The Labute approximate surface area is 131 Å². The number of carbonyl (C=O) groups is 1. The Hall–Kier alpha value is -1.05. The summed E-state index contributed by atoms with van der Waals surface area (Å²) >= 11 is 0. The van der Waals surface area contributed by atoms with Gasteiger partial charge in [-0.1, -0.05) is 50.3 Å². The summed E-state index contributed by atoms with van der Waals surface area (Å²) in [5.74, 6) is 0.708. The van der Waals surface area contributed by atoms with Gasteiger partial charge in [-0.05, 0) is 52.0 Å². The number of allylic oxidation sites excluding steroid dienone is 3. The Kier molecular flexibility index (Phi) is 12.0. The number of carbonyl (C=O) groups excluding carboxylic acids is 1. The minimum atomic E-state index is -0.0625. The first-order valence-corrected chi connectivity index (χ1v) is 8.40. The van der Waals surface area contributed by atoms with Crippen LogP contribution in [0.3, 0.4) is 0 Å². The first-order chi connectivity index (χ1) is 9.95. The Morgan fingerprint density at radius 2 is 1.81 bits per heavy atom. The van der Waals surface area contributed by atoms with Crippen LogP contribution in [0, 0.1) is 5.92 Å². The molecule has 0 aliphatic carbocycles. The van der Waals surface area contributed by atoms with E-state index in [0.717, 1.165) is 31.6 Å². The lowest BCUT2D eigenvalue weighted by molar-refractivity contribution is -0.142. The van der Waals surface area contributed by atoms with E-state index in [9.17, 15) is 4.79 Å². The van der Waals surface area contributed by atoms with Crippen molar-refractivity contribution in [2.24, 2.45) is 5.92 Å². The van der Waals surface area contributed by atoms with E-state index >= 15 is 0 Å². The van der Waals surface area contributed by atoms with Crippen molar-refractivity contribution in [2.75, 3.05) is 6.61 Å². The van der Waals surface area contributed by atoms with E-state index < -0.39 is 0 Å². The van der Waals surface area contributed by atoms with Gasteiger partial charge in [0.25, 0.3) is 0 Å². The Balaban J connectivity index is 3.66. The summed E-state index contributed by atoms with van der Waals surface area (Å²) in [5.41, 5.74) is 2.64. The molecule has 2 heteroatoms. The van der Waals surface area contributed by atoms with Gasteiger partial charge in [-0.2, -0.15) is 0 Å². The standard InChI is InChI=1S/C19H34O2/c1-6-17(4)11-7-8-13-19(20)21-15-14-18(5)12-9-10-16(2)3/h10,14,17H,6-9,11-13,15H2,1-5H3/b18-14-. The highest BCUT2D eigenvalue weighted by atomic mass is 16.5. The quantitative estimate of drug-likeness (QED) is 0.272. The maximum Gasteiger partial charge on any atom is 0.306 e. The van der Waals surface area contributed by atoms with Crippen LogP contribution in [0.1, 0.15) is 79.6 Å². The minimum Gasteiger partial charge on any atom is -0.461 e. The SMILES string of the molecule is CCC(C)CCCCC(=O)OC/C=C(/C)CCC=C(C)C. The van der Waals surface area contributed by atoms with Crippen molar-refractivity contribution in [3.63, 3.8) is 0 Å². The van der Waals surface area contributed by atoms with E-state index in [2.05, 4.69) is 40.7 Å². The van der Waals surface area contributed by atoms with Gasteiger partial charge in [-0.25, -0.2) is 0 Å². The van der Waals surface area contributed by atoms with Gasteiger partial charge in [0.05, 0.1) is 0 Å². The fourth-order valence-corrected chi connectivity index (χ4v) is 2.01. The molecule has 0 saturated heterocycles. The zero-order valence-electron chi connectivity index (χ0n) is 14.7.